The molecule has 0 saturated heterocycles. The molecule has 0 heterocycles. The van der Waals surface area contributed by atoms with Gasteiger partial charge >= 0.3 is 0 Å². The molecule has 2 unspecified atom stereocenters. The van der Waals surface area contributed by atoms with Gasteiger partial charge in [-0.25, -0.2) is 4.39 Å². The van der Waals surface area contributed by atoms with Crippen LogP contribution in [-0.2, 0) is 4.79 Å². The minimum Gasteiger partial charge on any atom is -0.299 e. The second-order valence-corrected chi connectivity index (χ2v) is 7.11. The zero-order valence-corrected chi connectivity index (χ0v) is 10.8. The third kappa shape index (κ3) is 2.31. The Labute approximate surface area is 97.8 Å². The Hall–Kier alpha value is -0.400. The zero-order valence-electron chi connectivity index (χ0n) is 10.8. The molecule has 0 aromatic heterocycles. The molecule has 0 aromatic carbocycles. The van der Waals surface area contributed by atoms with E-state index in [-0.39, 0.29) is 11.7 Å². The molecule has 0 spiro atoms. The smallest absolute Gasteiger partial charge is 0.139 e. The van der Waals surface area contributed by atoms with Crippen LogP contribution in [0.2, 0.25) is 0 Å². The van der Waals surface area contributed by atoms with Gasteiger partial charge in [0.25, 0.3) is 0 Å². The average Bonchev–Trinajstić information content (AvgIpc) is 2.64. The normalized spacial score (nSPS) is 42.7. The highest BCUT2D eigenvalue weighted by molar-refractivity contribution is 5.85. The summed E-state index contributed by atoms with van der Waals surface area (Å²) in [4.78, 5) is 11.7. The molecular formula is C14H23FO. The molecule has 0 N–H and O–H groups in total. The second-order valence-electron chi connectivity index (χ2n) is 7.11. The molecule has 0 aromatic rings. The Morgan fingerprint density at radius 1 is 1.38 bits per heavy atom. The lowest BCUT2D eigenvalue weighted by Gasteiger charge is -2.43. The average molecular weight is 226 g/mol. The largest absolute Gasteiger partial charge is 0.299 e. The van der Waals surface area contributed by atoms with E-state index >= 15 is 0 Å². The lowest BCUT2D eigenvalue weighted by atomic mass is 9.62. The van der Waals surface area contributed by atoms with Gasteiger partial charge < -0.3 is 0 Å². The van der Waals surface area contributed by atoms with Gasteiger partial charge in [0.05, 0.1) is 5.92 Å². The molecule has 2 fully saturated rings. The molecule has 2 atom stereocenters. The summed E-state index contributed by atoms with van der Waals surface area (Å²) in [7, 11) is 0. The van der Waals surface area contributed by atoms with Gasteiger partial charge in [-0.15, -0.1) is 0 Å². The van der Waals surface area contributed by atoms with E-state index in [2.05, 4.69) is 20.8 Å². The van der Waals surface area contributed by atoms with E-state index in [4.69, 9.17) is 0 Å². The van der Waals surface area contributed by atoms with Crippen molar-refractivity contribution in [3.8, 4) is 0 Å². The van der Waals surface area contributed by atoms with E-state index in [1.54, 1.807) is 6.92 Å². The van der Waals surface area contributed by atoms with Crippen LogP contribution in [0.5, 0.6) is 0 Å². The zero-order chi connectivity index (χ0) is 12.1. The highest BCUT2D eigenvalue weighted by Gasteiger charge is 2.55. The number of rotatable bonds is 3. The van der Waals surface area contributed by atoms with Crippen LogP contribution in [0, 0.1) is 23.2 Å². The van der Waals surface area contributed by atoms with Gasteiger partial charge in [0.2, 0.25) is 0 Å². The molecule has 16 heavy (non-hydrogen) atoms. The van der Waals surface area contributed by atoms with E-state index in [1.807, 2.05) is 0 Å². The molecular weight excluding hydrogens is 203 g/mol. The predicted octanol–water partition coefficient (Wildman–Crippen LogP) is 3.77. The summed E-state index contributed by atoms with van der Waals surface area (Å²) < 4.78 is 13.3. The molecule has 2 aliphatic rings. The maximum absolute atomic E-state index is 13.3. The van der Waals surface area contributed by atoms with Crippen LogP contribution in [0.15, 0.2) is 0 Å². The Morgan fingerprint density at radius 3 is 2.25 bits per heavy atom. The number of hydrogen-bond acceptors (Lipinski definition) is 1. The SMILES string of the molecule is CC(C)(C)C1CC(CC(=O)C2CC2(C)F)C1. The Kier molecular flexibility index (Phi) is 2.67. The number of carbonyl (C=O) groups excluding carboxylic acids is 1. The summed E-state index contributed by atoms with van der Waals surface area (Å²) in [6.45, 7) is 8.33. The maximum Gasteiger partial charge on any atom is 0.139 e. The summed E-state index contributed by atoms with van der Waals surface area (Å²) in [5.74, 6) is 1.18. The van der Waals surface area contributed by atoms with Crippen LogP contribution in [0.1, 0.15) is 53.4 Å². The van der Waals surface area contributed by atoms with Gasteiger partial charge in [-0.3, -0.25) is 4.79 Å². The van der Waals surface area contributed by atoms with Gasteiger partial charge in [0.1, 0.15) is 11.5 Å². The maximum atomic E-state index is 13.3. The van der Waals surface area contributed by atoms with Crippen LogP contribution in [0.3, 0.4) is 0 Å². The van der Waals surface area contributed by atoms with E-state index in [0.717, 1.165) is 18.8 Å². The highest BCUT2D eigenvalue weighted by Crippen LogP contribution is 2.51. The molecule has 0 amide bonds. The Bertz CT molecular complexity index is 294. The third-order valence-corrected chi connectivity index (χ3v) is 4.51. The summed E-state index contributed by atoms with van der Waals surface area (Å²) in [5.41, 5.74) is -0.808. The molecule has 2 saturated carbocycles. The lowest BCUT2D eigenvalue weighted by Crippen LogP contribution is -2.35. The first-order valence-electron chi connectivity index (χ1n) is 6.42. The molecule has 2 heteroatoms. The number of halogens is 1. The van der Waals surface area contributed by atoms with E-state index < -0.39 is 5.67 Å². The van der Waals surface area contributed by atoms with Crippen LogP contribution in [-0.4, -0.2) is 11.5 Å². The quantitative estimate of drug-likeness (QED) is 0.716. The fraction of sp³-hybridized carbons (Fsp3) is 0.929. The Morgan fingerprint density at radius 2 is 1.88 bits per heavy atom. The predicted molar refractivity (Wildman–Crippen MR) is 62.9 cm³/mol. The fourth-order valence-electron chi connectivity index (χ4n) is 2.83. The summed E-state index contributed by atoms with van der Waals surface area (Å²) >= 11 is 0. The standard InChI is InChI=1S/C14H23FO/c1-13(2,3)10-5-9(6-10)7-12(16)11-8-14(11,4)15/h9-11H,5-8H2,1-4H3. The topological polar surface area (TPSA) is 17.1 Å². The number of Topliss-reactive ketones (excluding diaryl/α,β-unsaturated/α-hetero) is 1. The van der Waals surface area contributed by atoms with Crippen molar-refractivity contribution >= 4 is 5.78 Å². The number of hydrogen-bond donors (Lipinski definition) is 0. The minimum absolute atomic E-state index is 0.169. The lowest BCUT2D eigenvalue weighted by molar-refractivity contribution is -0.123. The van der Waals surface area contributed by atoms with Gasteiger partial charge in [0, 0.05) is 6.42 Å². The molecule has 0 aliphatic heterocycles. The summed E-state index contributed by atoms with van der Waals surface area (Å²) in [6, 6.07) is 0. The van der Waals surface area contributed by atoms with Crippen molar-refractivity contribution in [3.05, 3.63) is 0 Å². The molecule has 2 aliphatic carbocycles. The molecule has 0 bridgehead atoms. The summed E-state index contributed by atoms with van der Waals surface area (Å²) in [5, 5.41) is 0. The first-order valence-corrected chi connectivity index (χ1v) is 6.42. The van der Waals surface area contributed by atoms with E-state index in [1.165, 1.54) is 0 Å². The first-order chi connectivity index (χ1) is 7.20. The van der Waals surface area contributed by atoms with E-state index in [9.17, 15) is 9.18 Å². The van der Waals surface area contributed by atoms with Crippen LogP contribution in [0.25, 0.3) is 0 Å². The number of alkyl halides is 1. The monoisotopic (exact) mass is 226 g/mol. The minimum atomic E-state index is -1.18. The van der Waals surface area contributed by atoms with Crippen LogP contribution in [0.4, 0.5) is 4.39 Å². The highest BCUT2D eigenvalue weighted by atomic mass is 19.1. The van der Waals surface area contributed by atoms with Crippen molar-refractivity contribution in [2.45, 2.75) is 59.0 Å². The van der Waals surface area contributed by atoms with Gasteiger partial charge in [0.15, 0.2) is 0 Å². The number of ketones is 1. The van der Waals surface area contributed by atoms with Gasteiger partial charge in [-0.1, -0.05) is 20.8 Å². The van der Waals surface area contributed by atoms with Crippen LogP contribution >= 0.6 is 0 Å². The summed E-state index contributed by atoms with van der Waals surface area (Å²) in [6.07, 6.45) is 3.40. The van der Waals surface area contributed by atoms with Crippen molar-refractivity contribution in [3.63, 3.8) is 0 Å². The third-order valence-electron chi connectivity index (χ3n) is 4.51. The molecule has 1 nitrogen and oxygen atoms in total. The van der Waals surface area contributed by atoms with Gasteiger partial charge in [-0.05, 0) is 43.4 Å². The van der Waals surface area contributed by atoms with Crippen molar-refractivity contribution in [1.29, 1.82) is 0 Å². The van der Waals surface area contributed by atoms with Crippen molar-refractivity contribution < 1.29 is 9.18 Å². The molecule has 2 rings (SSSR count). The van der Waals surface area contributed by atoms with Crippen molar-refractivity contribution in [1.82, 2.24) is 0 Å². The van der Waals surface area contributed by atoms with Crippen LogP contribution < -0.4 is 0 Å². The fourth-order valence-corrected chi connectivity index (χ4v) is 2.83. The van der Waals surface area contributed by atoms with Gasteiger partial charge in [-0.2, -0.15) is 0 Å². The number of carbonyl (C=O) groups is 1. The Balaban J connectivity index is 1.73. The second kappa shape index (κ2) is 3.54. The van der Waals surface area contributed by atoms with Crippen molar-refractivity contribution in [2.24, 2.45) is 23.2 Å². The molecule has 92 valence electrons. The first kappa shape index (κ1) is 12.1. The molecule has 0 radical (unpaired) electrons. The van der Waals surface area contributed by atoms with Crippen molar-refractivity contribution in [2.75, 3.05) is 0 Å². The van der Waals surface area contributed by atoms with E-state index in [0.29, 0.717) is 24.2 Å².